The van der Waals surface area contributed by atoms with E-state index in [0.29, 0.717) is 5.65 Å². The zero-order valence-electron chi connectivity index (χ0n) is 9.22. The summed E-state index contributed by atoms with van der Waals surface area (Å²) in [5.74, 6) is 0. The highest BCUT2D eigenvalue weighted by Crippen LogP contribution is 2.22. The van der Waals surface area contributed by atoms with E-state index in [-0.39, 0.29) is 11.1 Å². The molecule has 2 rings (SSSR count). The lowest BCUT2D eigenvalue weighted by Crippen LogP contribution is -2.27. The van der Waals surface area contributed by atoms with Crippen molar-refractivity contribution in [2.45, 2.75) is 26.2 Å². The number of aryl methyl sites for hydroxylation is 1. The molecule has 0 aliphatic heterocycles. The number of imidazole rings is 1. The van der Waals surface area contributed by atoms with Crippen LogP contribution in [0.1, 0.15) is 26.5 Å². The van der Waals surface area contributed by atoms with Gasteiger partial charge in [-0.1, -0.05) is 26.0 Å². The van der Waals surface area contributed by atoms with Crippen molar-refractivity contribution in [1.82, 2.24) is 24.4 Å². The highest BCUT2D eigenvalue weighted by atomic mass is 16.2. The van der Waals surface area contributed by atoms with Gasteiger partial charge in [0.15, 0.2) is 5.65 Å². The molecule has 0 saturated heterocycles. The summed E-state index contributed by atoms with van der Waals surface area (Å²) in [5.41, 5.74) is 0.941. The SMILES string of the molecule is Cn1nnc2c(C(C)(C)C)ncn2c1=O. The molecule has 0 N–H and O–H groups in total. The smallest absolute Gasteiger partial charge is 0.245 e. The van der Waals surface area contributed by atoms with Crippen LogP contribution in [0, 0.1) is 0 Å². The summed E-state index contributed by atoms with van der Waals surface area (Å²) in [6.07, 6.45) is 1.49. The molecule has 6 heteroatoms. The number of fused-ring (bicyclic) bond motifs is 1. The van der Waals surface area contributed by atoms with Gasteiger partial charge in [-0.2, -0.15) is 4.68 Å². The van der Waals surface area contributed by atoms with Crippen molar-refractivity contribution in [2.24, 2.45) is 7.05 Å². The molecule has 0 saturated carbocycles. The molecule has 80 valence electrons. The normalized spacial score (nSPS) is 12.3. The third kappa shape index (κ3) is 1.42. The van der Waals surface area contributed by atoms with Crippen LogP contribution >= 0.6 is 0 Å². The molecular formula is C9H13N5O. The van der Waals surface area contributed by atoms with E-state index in [4.69, 9.17) is 0 Å². The summed E-state index contributed by atoms with van der Waals surface area (Å²) in [6, 6.07) is 0. The molecule has 0 atom stereocenters. The Labute approximate surface area is 86.6 Å². The predicted octanol–water partition coefficient (Wildman–Crippen LogP) is 0.121. The van der Waals surface area contributed by atoms with Crippen molar-refractivity contribution in [3.63, 3.8) is 0 Å². The Hall–Kier alpha value is -1.72. The van der Waals surface area contributed by atoms with Gasteiger partial charge in [-0.3, -0.25) is 0 Å². The highest BCUT2D eigenvalue weighted by molar-refractivity contribution is 5.45. The van der Waals surface area contributed by atoms with E-state index in [9.17, 15) is 4.79 Å². The van der Waals surface area contributed by atoms with Crippen LogP contribution in [0.2, 0.25) is 0 Å². The monoisotopic (exact) mass is 207 g/mol. The maximum atomic E-state index is 11.7. The molecule has 15 heavy (non-hydrogen) atoms. The first kappa shape index (κ1) is 9.82. The Bertz CT molecular complexity index is 560. The highest BCUT2D eigenvalue weighted by Gasteiger charge is 2.22. The molecule has 0 bridgehead atoms. The van der Waals surface area contributed by atoms with E-state index in [2.05, 4.69) is 15.3 Å². The van der Waals surface area contributed by atoms with Crippen LogP contribution in [0.15, 0.2) is 11.1 Å². The Balaban J connectivity index is 2.84. The van der Waals surface area contributed by atoms with E-state index >= 15 is 0 Å². The van der Waals surface area contributed by atoms with Crippen molar-refractivity contribution < 1.29 is 0 Å². The first-order valence-corrected chi connectivity index (χ1v) is 4.69. The molecule has 2 aromatic heterocycles. The molecule has 0 radical (unpaired) electrons. The van der Waals surface area contributed by atoms with Crippen LogP contribution in [-0.2, 0) is 12.5 Å². The molecule has 0 spiro atoms. The maximum Gasteiger partial charge on any atom is 0.352 e. The summed E-state index contributed by atoms with van der Waals surface area (Å²) in [6.45, 7) is 6.07. The molecular weight excluding hydrogens is 194 g/mol. The van der Waals surface area contributed by atoms with Gasteiger partial charge in [0.05, 0.1) is 5.69 Å². The molecule has 0 unspecified atom stereocenters. The summed E-state index contributed by atoms with van der Waals surface area (Å²) >= 11 is 0. The van der Waals surface area contributed by atoms with Gasteiger partial charge in [0.2, 0.25) is 0 Å². The van der Waals surface area contributed by atoms with Gasteiger partial charge < -0.3 is 0 Å². The minimum absolute atomic E-state index is 0.143. The summed E-state index contributed by atoms with van der Waals surface area (Å²) in [7, 11) is 1.56. The summed E-state index contributed by atoms with van der Waals surface area (Å²) < 4.78 is 2.59. The average Bonchev–Trinajstić information content (AvgIpc) is 2.54. The van der Waals surface area contributed by atoms with Crippen LogP contribution < -0.4 is 5.69 Å². The fraction of sp³-hybridized carbons (Fsp3) is 0.556. The van der Waals surface area contributed by atoms with Crippen molar-refractivity contribution in [1.29, 1.82) is 0 Å². The largest absolute Gasteiger partial charge is 0.352 e. The van der Waals surface area contributed by atoms with Crippen molar-refractivity contribution in [3.05, 3.63) is 22.5 Å². The number of rotatable bonds is 0. The standard InChI is InChI=1S/C9H13N5O/c1-9(2,3)6-7-11-12-13(4)8(15)14(7)5-10-6/h5H,1-4H3. The van der Waals surface area contributed by atoms with E-state index in [1.165, 1.54) is 15.4 Å². The van der Waals surface area contributed by atoms with Gasteiger partial charge in [-0.05, 0) is 0 Å². The quantitative estimate of drug-likeness (QED) is 0.615. The molecule has 2 heterocycles. The lowest BCUT2D eigenvalue weighted by molar-refractivity contribution is 0.568. The second-order valence-corrected chi connectivity index (χ2v) is 4.53. The Morgan fingerprint density at radius 1 is 1.33 bits per heavy atom. The fourth-order valence-corrected chi connectivity index (χ4v) is 1.41. The predicted molar refractivity (Wildman–Crippen MR) is 54.7 cm³/mol. The van der Waals surface area contributed by atoms with Gasteiger partial charge in [0, 0.05) is 12.5 Å². The van der Waals surface area contributed by atoms with Crippen molar-refractivity contribution in [2.75, 3.05) is 0 Å². The van der Waals surface area contributed by atoms with Crippen molar-refractivity contribution >= 4 is 5.65 Å². The molecule has 0 amide bonds. The van der Waals surface area contributed by atoms with E-state index in [1.807, 2.05) is 20.8 Å². The molecule has 0 fully saturated rings. The number of hydrogen-bond donors (Lipinski definition) is 0. The molecule has 0 aliphatic rings. The third-order valence-corrected chi connectivity index (χ3v) is 2.21. The first-order chi connectivity index (χ1) is 6.91. The van der Waals surface area contributed by atoms with Gasteiger partial charge in [0.25, 0.3) is 0 Å². The molecule has 0 aliphatic carbocycles. The number of hydrogen-bond acceptors (Lipinski definition) is 4. The minimum atomic E-state index is -0.233. The maximum absolute atomic E-state index is 11.7. The Morgan fingerprint density at radius 3 is 2.60 bits per heavy atom. The number of nitrogens with zero attached hydrogens (tertiary/aromatic N) is 5. The van der Waals surface area contributed by atoms with Crippen LogP contribution in [0.3, 0.4) is 0 Å². The van der Waals surface area contributed by atoms with Gasteiger partial charge in [-0.25, -0.2) is 14.2 Å². The van der Waals surface area contributed by atoms with E-state index in [0.717, 1.165) is 5.69 Å². The molecule has 6 nitrogen and oxygen atoms in total. The zero-order valence-corrected chi connectivity index (χ0v) is 9.22. The second kappa shape index (κ2) is 2.88. The summed E-state index contributed by atoms with van der Waals surface area (Å²) in [5, 5.41) is 7.73. The minimum Gasteiger partial charge on any atom is -0.245 e. The lowest BCUT2D eigenvalue weighted by Gasteiger charge is -2.14. The lowest BCUT2D eigenvalue weighted by atomic mass is 9.92. The van der Waals surface area contributed by atoms with Crippen LogP contribution in [-0.4, -0.2) is 24.4 Å². The van der Waals surface area contributed by atoms with Gasteiger partial charge in [0.1, 0.15) is 6.33 Å². The number of aromatic nitrogens is 5. The van der Waals surface area contributed by atoms with Crippen LogP contribution in [0.5, 0.6) is 0 Å². The Kier molecular flexibility index (Phi) is 1.89. The van der Waals surface area contributed by atoms with Gasteiger partial charge >= 0.3 is 5.69 Å². The third-order valence-electron chi connectivity index (χ3n) is 2.21. The topological polar surface area (TPSA) is 65.1 Å². The fourth-order valence-electron chi connectivity index (χ4n) is 1.41. The first-order valence-electron chi connectivity index (χ1n) is 4.69. The van der Waals surface area contributed by atoms with Crippen LogP contribution in [0.25, 0.3) is 5.65 Å². The van der Waals surface area contributed by atoms with E-state index < -0.39 is 0 Å². The molecule has 2 aromatic rings. The molecule has 0 aromatic carbocycles. The zero-order chi connectivity index (χ0) is 11.2. The average molecular weight is 207 g/mol. The van der Waals surface area contributed by atoms with Crippen LogP contribution in [0.4, 0.5) is 0 Å². The Morgan fingerprint density at radius 2 is 2.00 bits per heavy atom. The second-order valence-electron chi connectivity index (χ2n) is 4.53. The van der Waals surface area contributed by atoms with Crippen molar-refractivity contribution in [3.8, 4) is 0 Å². The van der Waals surface area contributed by atoms with E-state index in [1.54, 1.807) is 7.05 Å². The van der Waals surface area contributed by atoms with Gasteiger partial charge in [-0.15, -0.1) is 5.10 Å². The summed E-state index contributed by atoms with van der Waals surface area (Å²) in [4.78, 5) is 15.9.